The van der Waals surface area contributed by atoms with Crippen LogP contribution in [-0.4, -0.2) is 23.4 Å². The van der Waals surface area contributed by atoms with E-state index in [1.807, 2.05) is 48.7 Å². The standard InChI is InChI=1S/C22H21N3O3S/c1-14-24-20(13-29-14)16-4-2-15(3-5-16)11-23-22(27)12-28-18-7-8-19-17(10-18)6-9-21(26)25-19/h2-5,7-8,10,13H,6,9,11-12H2,1H3,(H,23,27)(H,25,26). The second kappa shape index (κ2) is 8.45. The van der Waals surface area contributed by atoms with E-state index in [0.29, 0.717) is 25.1 Å². The number of amides is 2. The number of hydrogen-bond acceptors (Lipinski definition) is 5. The Kier molecular flexibility index (Phi) is 5.57. The zero-order valence-electron chi connectivity index (χ0n) is 16.0. The zero-order chi connectivity index (χ0) is 20.2. The lowest BCUT2D eigenvalue weighted by Gasteiger charge is -2.17. The van der Waals surface area contributed by atoms with Gasteiger partial charge in [-0.3, -0.25) is 9.59 Å². The van der Waals surface area contributed by atoms with Crippen molar-refractivity contribution in [2.24, 2.45) is 0 Å². The Labute approximate surface area is 172 Å². The molecule has 3 aromatic rings. The molecule has 1 aliphatic rings. The van der Waals surface area contributed by atoms with Crippen molar-refractivity contribution in [3.63, 3.8) is 0 Å². The molecule has 2 aromatic carbocycles. The Morgan fingerprint density at radius 3 is 2.79 bits per heavy atom. The summed E-state index contributed by atoms with van der Waals surface area (Å²) in [6.45, 7) is 2.37. The molecule has 0 aliphatic carbocycles. The third-order valence-electron chi connectivity index (χ3n) is 4.70. The van der Waals surface area contributed by atoms with Gasteiger partial charge < -0.3 is 15.4 Å². The molecule has 2 amide bonds. The average molecular weight is 407 g/mol. The Hall–Kier alpha value is -3.19. The molecule has 29 heavy (non-hydrogen) atoms. The maximum Gasteiger partial charge on any atom is 0.258 e. The maximum atomic E-state index is 12.1. The van der Waals surface area contributed by atoms with E-state index in [2.05, 4.69) is 15.6 Å². The van der Waals surface area contributed by atoms with Gasteiger partial charge in [0.05, 0.1) is 10.7 Å². The fraction of sp³-hybridized carbons (Fsp3) is 0.227. The molecule has 4 rings (SSSR count). The molecule has 7 heteroatoms. The molecule has 0 spiro atoms. The van der Waals surface area contributed by atoms with Crippen molar-refractivity contribution in [3.05, 3.63) is 64.0 Å². The van der Waals surface area contributed by atoms with Gasteiger partial charge in [-0.2, -0.15) is 0 Å². The third-order valence-corrected chi connectivity index (χ3v) is 5.47. The first-order valence-electron chi connectivity index (χ1n) is 9.40. The lowest BCUT2D eigenvalue weighted by atomic mass is 10.0. The minimum absolute atomic E-state index is 0.0280. The highest BCUT2D eigenvalue weighted by molar-refractivity contribution is 7.09. The Balaban J connectivity index is 1.26. The molecule has 0 radical (unpaired) electrons. The van der Waals surface area contributed by atoms with Gasteiger partial charge in [0, 0.05) is 29.6 Å². The predicted octanol–water partition coefficient (Wildman–Crippen LogP) is 3.70. The largest absolute Gasteiger partial charge is 0.484 e. The number of carbonyl (C=O) groups is 2. The van der Waals surface area contributed by atoms with E-state index >= 15 is 0 Å². The smallest absolute Gasteiger partial charge is 0.258 e. The molecular formula is C22H21N3O3S. The summed E-state index contributed by atoms with van der Waals surface area (Å²) in [5, 5.41) is 8.78. The number of aromatic nitrogens is 1. The van der Waals surface area contributed by atoms with Crippen molar-refractivity contribution in [2.75, 3.05) is 11.9 Å². The molecule has 2 N–H and O–H groups in total. The van der Waals surface area contributed by atoms with Crippen molar-refractivity contribution in [1.29, 1.82) is 0 Å². The van der Waals surface area contributed by atoms with E-state index in [0.717, 1.165) is 33.1 Å². The van der Waals surface area contributed by atoms with E-state index in [4.69, 9.17) is 4.74 Å². The van der Waals surface area contributed by atoms with Gasteiger partial charge in [0.15, 0.2) is 6.61 Å². The molecule has 6 nitrogen and oxygen atoms in total. The molecule has 1 aromatic heterocycles. The van der Waals surface area contributed by atoms with Crippen molar-refractivity contribution in [2.45, 2.75) is 26.3 Å². The van der Waals surface area contributed by atoms with Gasteiger partial charge in [-0.15, -0.1) is 11.3 Å². The number of benzene rings is 2. The van der Waals surface area contributed by atoms with Crippen LogP contribution in [0.4, 0.5) is 5.69 Å². The van der Waals surface area contributed by atoms with Crippen molar-refractivity contribution in [3.8, 4) is 17.0 Å². The Bertz CT molecular complexity index is 1040. The number of thiazole rings is 1. The second-order valence-corrected chi connectivity index (χ2v) is 7.94. The van der Waals surface area contributed by atoms with Crippen molar-refractivity contribution < 1.29 is 14.3 Å². The second-order valence-electron chi connectivity index (χ2n) is 6.88. The molecule has 148 valence electrons. The van der Waals surface area contributed by atoms with E-state index in [9.17, 15) is 9.59 Å². The third kappa shape index (κ3) is 4.81. The van der Waals surface area contributed by atoms with E-state index in [1.165, 1.54) is 0 Å². The van der Waals surface area contributed by atoms with Crippen LogP contribution in [0, 0.1) is 6.92 Å². The lowest BCUT2D eigenvalue weighted by Crippen LogP contribution is -2.28. The molecular weight excluding hydrogens is 386 g/mol. The first kappa shape index (κ1) is 19.1. The number of hydrogen-bond donors (Lipinski definition) is 2. The molecule has 0 saturated carbocycles. The van der Waals surface area contributed by atoms with Crippen LogP contribution in [0.15, 0.2) is 47.8 Å². The minimum Gasteiger partial charge on any atom is -0.484 e. The van der Waals surface area contributed by atoms with Gasteiger partial charge in [0.25, 0.3) is 5.91 Å². The number of rotatable bonds is 6. The van der Waals surface area contributed by atoms with Gasteiger partial charge in [-0.25, -0.2) is 4.98 Å². The molecule has 0 unspecified atom stereocenters. The summed E-state index contributed by atoms with van der Waals surface area (Å²) in [7, 11) is 0. The summed E-state index contributed by atoms with van der Waals surface area (Å²) >= 11 is 1.63. The highest BCUT2D eigenvalue weighted by atomic mass is 32.1. The van der Waals surface area contributed by atoms with Crippen molar-refractivity contribution >= 4 is 28.8 Å². The molecule has 1 aliphatic heterocycles. The number of fused-ring (bicyclic) bond motifs is 1. The van der Waals surface area contributed by atoms with Crippen LogP contribution in [0.1, 0.15) is 22.6 Å². The zero-order valence-corrected chi connectivity index (χ0v) is 16.8. The van der Waals surface area contributed by atoms with E-state index in [-0.39, 0.29) is 18.4 Å². The van der Waals surface area contributed by atoms with Gasteiger partial charge in [-0.05, 0) is 42.7 Å². The van der Waals surface area contributed by atoms with E-state index in [1.54, 1.807) is 17.4 Å². The summed E-state index contributed by atoms with van der Waals surface area (Å²) in [6.07, 6.45) is 1.15. The Morgan fingerprint density at radius 1 is 1.21 bits per heavy atom. The highest BCUT2D eigenvalue weighted by Crippen LogP contribution is 2.26. The van der Waals surface area contributed by atoms with Crippen LogP contribution < -0.4 is 15.4 Å². The number of carbonyl (C=O) groups excluding carboxylic acids is 2. The first-order valence-corrected chi connectivity index (χ1v) is 10.3. The number of aryl methyl sites for hydroxylation is 2. The van der Waals surface area contributed by atoms with Gasteiger partial charge >= 0.3 is 0 Å². The first-order chi connectivity index (χ1) is 14.1. The number of ether oxygens (including phenoxy) is 1. The predicted molar refractivity (Wildman–Crippen MR) is 113 cm³/mol. The molecule has 0 fully saturated rings. The fourth-order valence-corrected chi connectivity index (χ4v) is 3.76. The number of nitrogens with zero attached hydrogens (tertiary/aromatic N) is 1. The molecule has 2 heterocycles. The minimum atomic E-state index is -0.185. The quantitative estimate of drug-likeness (QED) is 0.653. The van der Waals surface area contributed by atoms with E-state index < -0.39 is 0 Å². The van der Waals surface area contributed by atoms with Gasteiger partial charge in [-0.1, -0.05) is 24.3 Å². The summed E-state index contributed by atoms with van der Waals surface area (Å²) in [6, 6.07) is 13.4. The van der Waals surface area contributed by atoms with Gasteiger partial charge in [0.1, 0.15) is 5.75 Å². The summed E-state index contributed by atoms with van der Waals surface area (Å²) in [4.78, 5) is 28.0. The van der Waals surface area contributed by atoms with Crippen LogP contribution >= 0.6 is 11.3 Å². The SMILES string of the molecule is Cc1nc(-c2ccc(CNC(=O)COc3ccc4c(c3)CCC(=O)N4)cc2)cs1. The van der Waals surface area contributed by atoms with Crippen molar-refractivity contribution in [1.82, 2.24) is 10.3 Å². The highest BCUT2D eigenvalue weighted by Gasteiger charge is 2.15. The van der Waals surface area contributed by atoms with Crippen LogP contribution in [-0.2, 0) is 22.6 Å². The molecule has 0 atom stereocenters. The topological polar surface area (TPSA) is 80.3 Å². The summed E-state index contributed by atoms with van der Waals surface area (Å²) in [5.41, 5.74) is 4.89. The number of anilines is 1. The van der Waals surface area contributed by atoms with Crippen LogP contribution in [0.5, 0.6) is 5.75 Å². The van der Waals surface area contributed by atoms with Crippen LogP contribution in [0.25, 0.3) is 11.3 Å². The summed E-state index contributed by atoms with van der Waals surface area (Å²) < 4.78 is 5.60. The average Bonchev–Trinajstić information content (AvgIpc) is 3.17. The Morgan fingerprint density at radius 2 is 2.03 bits per heavy atom. The fourth-order valence-electron chi connectivity index (χ4n) is 3.14. The van der Waals surface area contributed by atoms with Crippen LogP contribution in [0.3, 0.4) is 0 Å². The molecule has 0 saturated heterocycles. The summed E-state index contributed by atoms with van der Waals surface area (Å²) in [5.74, 6) is 0.466. The lowest BCUT2D eigenvalue weighted by molar-refractivity contribution is -0.123. The number of nitrogens with one attached hydrogen (secondary N) is 2. The maximum absolute atomic E-state index is 12.1. The normalized spacial score (nSPS) is 12.8. The van der Waals surface area contributed by atoms with Crippen LogP contribution in [0.2, 0.25) is 0 Å². The monoisotopic (exact) mass is 407 g/mol. The van der Waals surface area contributed by atoms with Gasteiger partial charge in [0.2, 0.25) is 5.91 Å². The molecule has 0 bridgehead atoms.